The summed E-state index contributed by atoms with van der Waals surface area (Å²) in [7, 11) is 0. The molecule has 0 radical (unpaired) electrons. The number of amides is 1. The van der Waals surface area contributed by atoms with Crippen molar-refractivity contribution in [3.05, 3.63) is 12.2 Å². The average Bonchev–Trinajstić information content (AvgIpc) is 2.64. The van der Waals surface area contributed by atoms with Crippen LogP contribution in [0.2, 0.25) is 0 Å². The predicted octanol–water partition coefficient (Wildman–Crippen LogP) is 4.46. The Morgan fingerprint density at radius 1 is 0.931 bits per heavy atom. The van der Waals surface area contributed by atoms with Crippen molar-refractivity contribution in [3.8, 4) is 0 Å². The standard InChI is InChI=1S/C23H45NO5/c1-5-6-7-8-9-10-11-12-13-14-15-19(26)16-17-21(27)20(18-25)24-22(28)29-23(2,3)4/h16-17,19-21,25-27H,5-15,18H2,1-4H3,(H,24,28)/t19-,20+,21-/m1/s1. The van der Waals surface area contributed by atoms with Crippen LogP contribution in [0.1, 0.15) is 98.3 Å². The Balaban J connectivity index is 3.94. The molecule has 0 aliphatic heterocycles. The van der Waals surface area contributed by atoms with Gasteiger partial charge in [-0.1, -0.05) is 83.3 Å². The van der Waals surface area contributed by atoms with Crippen LogP contribution in [0.5, 0.6) is 0 Å². The summed E-state index contributed by atoms with van der Waals surface area (Å²) in [5.41, 5.74) is -0.657. The molecular formula is C23H45NO5. The van der Waals surface area contributed by atoms with Crippen LogP contribution in [-0.4, -0.2) is 51.9 Å². The highest BCUT2D eigenvalue weighted by Gasteiger charge is 2.22. The molecule has 0 saturated carbocycles. The lowest BCUT2D eigenvalue weighted by Crippen LogP contribution is -2.47. The minimum absolute atomic E-state index is 0.431. The molecule has 4 N–H and O–H groups in total. The summed E-state index contributed by atoms with van der Waals surface area (Å²) in [4.78, 5) is 11.8. The first kappa shape index (κ1) is 27.9. The second-order valence-corrected chi connectivity index (χ2v) is 8.85. The Kier molecular flexibility index (Phi) is 16.0. The third kappa shape index (κ3) is 17.5. The van der Waals surface area contributed by atoms with Gasteiger partial charge < -0.3 is 25.4 Å². The van der Waals surface area contributed by atoms with E-state index in [9.17, 15) is 20.1 Å². The molecule has 0 aromatic carbocycles. The number of alkyl carbamates (subject to hydrolysis) is 1. The van der Waals surface area contributed by atoms with Gasteiger partial charge in [0.05, 0.1) is 24.9 Å². The van der Waals surface area contributed by atoms with Gasteiger partial charge >= 0.3 is 6.09 Å². The summed E-state index contributed by atoms with van der Waals surface area (Å²) in [6.45, 7) is 7.01. The normalized spacial score (nSPS) is 15.3. The minimum atomic E-state index is -1.10. The number of unbranched alkanes of at least 4 members (excludes halogenated alkanes) is 9. The van der Waals surface area contributed by atoms with E-state index in [4.69, 9.17) is 4.74 Å². The summed E-state index contributed by atoms with van der Waals surface area (Å²) in [5, 5.41) is 32.0. The van der Waals surface area contributed by atoms with Gasteiger partial charge in [-0.15, -0.1) is 0 Å². The summed E-state index contributed by atoms with van der Waals surface area (Å²) in [6, 6.07) is -0.884. The molecule has 0 unspecified atom stereocenters. The van der Waals surface area contributed by atoms with Crippen LogP contribution in [0.4, 0.5) is 4.79 Å². The van der Waals surface area contributed by atoms with Crippen LogP contribution in [0.25, 0.3) is 0 Å². The van der Waals surface area contributed by atoms with Crippen molar-refractivity contribution in [1.82, 2.24) is 5.32 Å². The minimum Gasteiger partial charge on any atom is -0.444 e. The maximum Gasteiger partial charge on any atom is 0.408 e. The third-order valence-corrected chi connectivity index (χ3v) is 4.69. The molecule has 0 aromatic rings. The fourth-order valence-corrected chi connectivity index (χ4v) is 3.01. The van der Waals surface area contributed by atoms with E-state index in [1.54, 1.807) is 20.8 Å². The maximum absolute atomic E-state index is 11.8. The number of aliphatic hydroxyl groups is 3. The van der Waals surface area contributed by atoms with Crippen LogP contribution in [0, 0.1) is 0 Å². The molecule has 1 amide bonds. The Bertz CT molecular complexity index is 433. The van der Waals surface area contributed by atoms with Crippen LogP contribution in [0.3, 0.4) is 0 Å². The highest BCUT2D eigenvalue weighted by molar-refractivity contribution is 5.68. The molecule has 3 atom stereocenters. The first-order chi connectivity index (χ1) is 13.7. The third-order valence-electron chi connectivity index (χ3n) is 4.69. The van der Waals surface area contributed by atoms with E-state index in [0.717, 1.165) is 12.8 Å². The van der Waals surface area contributed by atoms with Crippen LogP contribution in [0.15, 0.2) is 12.2 Å². The molecule has 0 fully saturated rings. The van der Waals surface area contributed by atoms with Gasteiger partial charge in [-0.3, -0.25) is 0 Å². The Morgan fingerprint density at radius 2 is 1.45 bits per heavy atom. The van der Waals surface area contributed by atoms with Crippen molar-refractivity contribution in [3.63, 3.8) is 0 Å². The zero-order valence-electron chi connectivity index (χ0n) is 19.0. The lowest BCUT2D eigenvalue weighted by Gasteiger charge is -2.24. The van der Waals surface area contributed by atoms with Crippen LogP contribution < -0.4 is 5.32 Å². The number of hydrogen-bond acceptors (Lipinski definition) is 5. The number of nitrogens with one attached hydrogen (secondary N) is 1. The molecule has 0 aliphatic rings. The highest BCUT2D eigenvalue weighted by atomic mass is 16.6. The van der Waals surface area contributed by atoms with Gasteiger partial charge in [0.2, 0.25) is 0 Å². The second-order valence-electron chi connectivity index (χ2n) is 8.85. The zero-order valence-corrected chi connectivity index (χ0v) is 19.0. The fourth-order valence-electron chi connectivity index (χ4n) is 3.01. The maximum atomic E-state index is 11.8. The molecule has 6 heteroatoms. The zero-order chi connectivity index (χ0) is 22.1. The van der Waals surface area contributed by atoms with E-state index in [1.807, 2.05) is 0 Å². The van der Waals surface area contributed by atoms with Gasteiger partial charge in [0.25, 0.3) is 0 Å². The Hall–Kier alpha value is -1.11. The van der Waals surface area contributed by atoms with Gasteiger partial charge in [-0.25, -0.2) is 4.79 Å². The quantitative estimate of drug-likeness (QED) is 0.220. The average molecular weight is 416 g/mol. The number of rotatable bonds is 16. The lowest BCUT2D eigenvalue weighted by atomic mass is 10.0. The highest BCUT2D eigenvalue weighted by Crippen LogP contribution is 2.13. The second kappa shape index (κ2) is 16.7. The van der Waals surface area contributed by atoms with Crippen LogP contribution in [-0.2, 0) is 4.74 Å². The molecule has 172 valence electrons. The number of carbonyl (C=O) groups excluding carboxylic acids is 1. The van der Waals surface area contributed by atoms with Gasteiger partial charge in [-0.2, -0.15) is 0 Å². The van der Waals surface area contributed by atoms with Crippen molar-refractivity contribution in [2.24, 2.45) is 0 Å². The summed E-state index contributed by atoms with van der Waals surface area (Å²) < 4.78 is 5.12. The lowest BCUT2D eigenvalue weighted by molar-refractivity contribution is 0.0405. The largest absolute Gasteiger partial charge is 0.444 e. The molecule has 0 aliphatic carbocycles. The van der Waals surface area contributed by atoms with E-state index < -0.39 is 36.6 Å². The van der Waals surface area contributed by atoms with Crippen molar-refractivity contribution in [1.29, 1.82) is 0 Å². The van der Waals surface area contributed by atoms with Crippen molar-refractivity contribution < 1.29 is 24.9 Å². The smallest absolute Gasteiger partial charge is 0.408 e. The number of aliphatic hydroxyl groups excluding tert-OH is 3. The predicted molar refractivity (Wildman–Crippen MR) is 118 cm³/mol. The Labute approximate surface area is 177 Å². The van der Waals surface area contributed by atoms with E-state index in [1.165, 1.54) is 63.5 Å². The van der Waals surface area contributed by atoms with E-state index in [2.05, 4.69) is 12.2 Å². The molecule has 29 heavy (non-hydrogen) atoms. The molecule has 0 bridgehead atoms. The van der Waals surface area contributed by atoms with Gasteiger partial charge in [0, 0.05) is 0 Å². The Morgan fingerprint density at radius 3 is 1.93 bits per heavy atom. The molecule has 0 saturated heterocycles. The summed E-state index contributed by atoms with van der Waals surface area (Å²) in [6.07, 6.45) is 13.6. The molecule has 0 heterocycles. The van der Waals surface area contributed by atoms with Crippen molar-refractivity contribution >= 4 is 6.09 Å². The molecular weight excluding hydrogens is 370 g/mol. The molecule has 0 aromatic heterocycles. The number of ether oxygens (including phenoxy) is 1. The summed E-state index contributed by atoms with van der Waals surface area (Å²) >= 11 is 0. The SMILES string of the molecule is CCCCCCCCCCCC[C@@H](O)C=C[C@@H](O)[C@H](CO)NC(=O)OC(C)(C)C. The monoisotopic (exact) mass is 415 g/mol. The van der Waals surface area contributed by atoms with E-state index >= 15 is 0 Å². The van der Waals surface area contributed by atoms with Gasteiger partial charge in [0.1, 0.15) is 5.60 Å². The first-order valence-electron chi connectivity index (χ1n) is 11.3. The van der Waals surface area contributed by atoms with Crippen molar-refractivity contribution in [2.75, 3.05) is 6.61 Å². The first-order valence-corrected chi connectivity index (χ1v) is 11.3. The molecule has 6 nitrogen and oxygen atoms in total. The van der Waals surface area contributed by atoms with E-state index in [0.29, 0.717) is 6.42 Å². The number of hydrogen-bond donors (Lipinski definition) is 4. The summed E-state index contributed by atoms with van der Waals surface area (Å²) in [5.74, 6) is 0. The van der Waals surface area contributed by atoms with Crippen molar-refractivity contribution in [2.45, 2.75) is 122 Å². The van der Waals surface area contributed by atoms with Crippen LogP contribution >= 0.6 is 0 Å². The van der Waals surface area contributed by atoms with E-state index in [-0.39, 0.29) is 0 Å². The molecule has 0 rings (SSSR count). The number of carbonyl (C=O) groups is 1. The topological polar surface area (TPSA) is 99.0 Å². The molecule has 0 spiro atoms. The fraction of sp³-hybridized carbons (Fsp3) is 0.870. The van der Waals surface area contributed by atoms with Gasteiger partial charge in [-0.05, 0) is 27.2 Å². The van der Waals surface area contributed by atoms with Gasteiger partial charge in [0.15, 0.2) is 0 Å².